The van der Waals surface area contributed by atoms with Crippen LogP contribution < -0.4 is 4.74 Å². The molecule has 0 fully saturated rings. The summed E-state index contributed by atoms with van der Waals surface area (Å²) in [5.74, 6) is -1.91. The van der Waals surface area contributed by atoms with Crippen molar-refractivity contribution in [3.63, 3.8) is 0 Å². The normalized spacial score (nSPS) is 10.9. The maximum atomic E-state index is 11.3. The van der Waals surface area contributed by atoms with Crippen LogP contribution in [0.4, 0.5) is 0 Å². The highest BCUT2D eigenvalue weighted by atomic mass is 16.5. The zero-order valence-corrected chi connectivity index (χ0v) is 10.0. The first kappa shape index (κ1) is 13.7. The van der Waals surface area contributed by atoms with Crippen molar-refractivity contribution in [1.82, 2.24) is 4.98 Å². The SMILES string of the molecule is CCOC(=O)C(=O)C=C(O)c1ccc(OC)nc1. The molecule has 0 aliphatic heterocycles. The fourth-order valence-corrected chi connectivity index (χ4v) is 1.12. The van der Waals surface area contributed by atoms with E-state index in [-0.39, 0.29) is 12.4 Å². The van der Waals surface area contributed by atoms with Crippen molar-refractivity contribution in [2.45, 2.75) is 6.92 Å². The molecule has 96 valence electrons. The summed E-state index contributed by atoms with van der Waals surface area (Å²) in [7, 11) is 1.46. The lowest BCUT2D eigenvalue weighted by atomic mass is 10.2. The summed E-state index contributed by atoms with van der Waals surface area (Å²) >= 11 is 0. The molecule has 0 saturated heterocycles. The van der Waals surface area contributed by atoms with Crippen LogP contribution in [0.3, 0.4) is 0 Å². The fourth-order valence-electron chi connectivity index (χ4n) is 1.12. The second kappa shape index (κ2) is 6.39. The lowest BCUT2D eigenvalue weighted by Crippen LogP contribution is -2.15. The van der Waals surface area contributed by atoms with E-state index in [2.05, 4.69) is 9.72 Å². The van der Waals surface area contributed by atoms with Crippen LogP contribution in [0.5, 0.6) is 5.88 Å². The predicted octanol–water partition coefficient (Wildman–Crippen LogP) is 1.12. The van der Waals surface area contributed by atoms with E-state index in [4.69, 9.17) is 4.74 Å². The van der Waals surface area contributed by atoms with E-state index >= 15 is 0 Å². The monoisotopic (exact) mass is 251 g/mol. The number of carbonyl (C=O) groups excluding carboxylic acids is 2. The number of aliphatic hydroxyl groups excluding tert-OH is 1. The van der Waals surface area contributed by atoms with Gasteiger partial charge < -0.3 is 14.6 Å². The van der Waals surface area contributed by atoms with Crippen molar-refractivity contribution in [2.24, 2.45) is 0 Å². The molecule has 0 aliphatic rings. The zero-order chi connectivity index (χ0) is 13.5. The number of aliphatic hydroxyl groups is 1. The van der Waals surface area contributed by atoms with E-state index in [0.29, 0.717) is 11.4 Å². The van der Waals surface area contributed by atoms with Gasteiger partial charge in [0.05, 0.1) is 13.7 Å². The lowest BCUT2D eigenvalue weighted by molar-refractivity contribution is -0.151. The zero-order valence-electron chi connectivity index (χ0n) is 10.0. The molecule has 0 amide bonds. The maximum absolute atomic E-state index is 11.3. The first-order chi connectivity index (χ1) is 8.58. The summed E-state index contributed by atoms with van der Waals surface area (Å²) in [6.07, 6.45) is 2.12. The minimum absolute atomic E-state index is 0.100. The van der Waals surface area contributed by atoms with Gasteiger partial charge >= 0.3 is 5.97 Å². The van der Waals surface area contributed by atoms with Crippen molar-refractivity contribution in [2.75, 3.05) is 13.7 Å². The molecule has 6 nitrogen and oxygen atoms in total. The number of ketones is 1. The molecule has 1 rings (SSSR count). The molecule has 0 unspecified atom stereocenters. The van der Waals surface area contributed by atoms with Gasteiger partial charge in [0.2, 0.25) is 5.88 Å². The highest BCUT2D eigenvalue weighted by Gasteiger charge is 2.13. The molecule has 0 aliphatic carbocycles. The van der Waals surface area contributed by atoms with Crippen LogP contribution in [0.1, 0.15) is 12.5 Å². The van der Waals surface area contributed by atoms with Crippen LogP contribution in [0.2, 0.25) is 0 Å². The van der Waals surface area contributed by atoms with Crippen LogP contribution >= 0.6 is 0 Å². The number of aromatic nitrogens is 1. The molecule has 1 aromatic heterocycles. The highest BCUT2D eigenvalue weighted by molar-refractivity contribution is 6.39. The van der Waals surface area contributed by atoms with Crippen molar-refractivity contribution in [3.8, 4) is 5.88 Å². The summed E-state index contributed by atoms with van der Waals surface area (Å²) in [4.78, 5) is 26.2. The Bertz CT molecular complexity index is 464. The second-order valence-corrected chi connectivity index (χ2v) is 3.20. The number of esters is 1. The minimum Gasteiger partial charge on any atom is -0.507 e. The number of ether oxygens (including phenoxy) is 2. The van der Waals surface area contributed by atoms with Crippen LogP contribution in [-0.2, 0) is 14.3 Å². The van der Waals surface area contributed by atoms with Crippen molar-refractivity contribution in [1.29, 1.82) is 0 Å². The van der Waals surface area contributed by atoms with E-state index in [1.165, 1.54) is 25.4 Å². The Hall–Kier alpha value is -2.37. The van der Waals surface area contributed by atoms with Gasteiger partial charge in [-0.2, -0.15) is 0 Å². The van der Waals surface area contributed by atoms with Gasteiger partial charge in [-0.25, -0.2) is 9.78 Å². The van der Waals surface area contributed by atoms with E-state index in [0.717, 1.165) is 6.08 Å². The van der Waals surface area contributed by atoms with Crippen LogP contribution in [0.15, 0.2) is 24.4 Å². The van der Waals surface area contributed by atoms with Crippen molar-refractivity contribution < 1.29 is 24.2 Å². The summed E-state index contributed by atoms with van der Waals surface area (Å²) in [5, 5.41) is 9.62. The largest absolute Gasteiger partial charge is 0.507 e. The number of hydrogen-bond acceptors (Lipinski definition) is 6. The molecule has 0 radical (unpaired) electrons. The molecule has 1 aromatic rings. The number of hydrogen-bond donors (Lipinski definition) is 1. The van der Waals surface area contributed by atoms with Gasteiger partial charge in [0.15, 0.2) is 0 Å². The molecule has 0 aromatic carbocycles. The summed E-state index contributed by atoms with van der Waals surface area (Å²) in [6.45, 7) is 1.69. The topological polar surface area (TPSA) is 85.7 Å². The summed E-state index contributed by atoms with van der Waals surface area (Å²) in [6, 6.07) is 3.03. The van der Waals surface area contributed by atoms with Crippen LogP contribution in [0, 0.1) is 0 Å². The quantitative estimate of drug-likeness (QED) is 0.365. The Morgan fingerprint density at radius 2 is 2.17 bits per heavy atom. The third-order valence-corrected chi connectivity index (χ3v) is 1.99. The smallest absolute Gasteiger partial charge is 0.379 e. The molecule has 0 atom stereocenters. The highest BCUT2D eigenvalue weighted by Crippen LogP contribution is 2.13. The molecule has 1 N–H and O–H groups in total. The standard InChI is InChI=1S/C12H13NO5/c1-3-18-12(16)10(15)6-9(14)8-4-5-11(17-2)13-7-8/h4-7,14H,3H2,1-2H3. The third kappa shape index (κ3) is 3.58. The number of methoxy groups -OCH3 is 1. The Labute approximate surface area is 104 Å². The van der Waals surface area contributed by atoms with Gasteiger partial charge in [0.1, 0.15) is 5.76 Å². The first-order valence-electron chi connectivity index (χ1n) is 5.20. The predicted molar refractivity (Wildman–Crippen MR) is 63.0 cm³/mol. The fraction of sp³-hybridized carbons (Fsp3) is 0.250. The maximum Gasteiger partial charge on any atom is 0.379 e. The van der Waals surface area contributed by atoms with Gasteiger partial charge in [-0.05, 0) is 13.0 Å². The van der Waals surface area contributed by atoms with Crippen molar-refractivity contribution >= 4 is 17.5 Å². The average Bonchev–Trinajstić information content (AvgIpc) is 2.39. The van der Waals surface area contributed by atoms with E-state index in [9.17, 15) is 14.7 Å². The number of carbonyl (C=O) groups is 2. The molecular weight excluding hydrogens is 238 g/mol. The van der Waals surface area contributed by atoms with Crippen LogP contribution in [0.25, 0.3) is 5.76 Å². The van der Waals surface area contributed by atoms with Crippen LogP contribution in [-0.4, -0.2) is 35.6 Å². The lowest BCUT2D eigenvalue weighted by Gasteiger charge is -2.02. The first-order valence-corrected chi connectivity index (χ1v) is 5.20. The molecule has 0 bridgehead atoms. The Kier molecular flexibility index (Phi) is 4.86. The van der Waals surface area contributed by atoms with E-state index in [1.807, 2.05) is 0 Å². The second-order valence-electron chi connectivity index (χ2n) is 3.20. The summed E-state index contributed by atoms with van der Waals surface area (Å²) in [5.41, 5.74) is 0.299. The number of rotatable bonds is 5. The Morgan fingerprint density at radius 1 is 1.44 bits per heavy atom. The Balaban J connectivity index is 2.81. The number of pyridine rings is 1. The molecule has 1 heterocycles. The van der Waals surface area contributed by atoms with Crippen molar-refractivity contribution in [3.05, 3.63) is 30.0 Å². The third-order valence-electron chi connectivity index (χ3n) is 1.99. The number of nitrogens with zero attached hydrogens (tertiary/aromatic N) is 1. The molecule has 18 heavy (non-hydrogen) atoms. The minimum atomic E-state index is -1.01. The average molecular weight is 251 g/mol. The summed E-state index contributed by atoms with van der Waals surface area (Å²) < 4.78 is 9.34. The van der Waals surface area contributed by atoms with Gasteiger partial charge in [0, 0.05) is 23.9 Å². The van der Waals surface area contributed by atoms with Gasteiger partial charge in [-0.3, -0.25) is 4.79 Å². The van der Waals surface area contributed by atoms with E-state index in [1.54, 1.807) is 6.92 Å². The molecule has 6 heteroatoms. The van der Waals surface area contributed by atoms with Gasteiger partial charge in [0.25, 0.3) is 5.78 Å². The Morgan fingerprint density at radius 3 is 2.67 bits per heavy atom. The van der Waals surface area contributed by atoms with Gasteiger partial charge in [-0.1, -0.05) is 0 Å². The van der Waals surface area contributed by atoms with Gasteiger partial charge in [-0.15, -0.1) is 0 Å². The molecular formula is C12H13NO5. The van der Waals surface area contributed by atoms with E-state index < -0.39 is 11.8 Å². The molecule has 0 saturated carbocycles. The molecule has 0 spiro atoms.